The molecule has 1 aromatic carbocycles. The Balaban J connectivity index is 2.15. The number of carboxylic acid groups (broad SMARTS) is 1. The molecule has 0 amide bonds. The van der Waals surface area contributed by atoms with Crippen LogP contribution in [0.15, 0.2) is 30.3 Å². The number of rotatable bonds is 6. The molecule has 0 radical (unpaired) electrons. The van der Waals surface area contributed by atoms with Crippen molar-refractivity contribution in [3.8, 4) is 0 Å². The summed E-state index contributed by atoms with van der Waals surface area (Å²) in [6, 6.07) is 9.58. The molecule has 0 saturated carbocycles. The molecule has 4 nitrogen and oxygen atoms in total. The van der Waals surface area contributed by atoms with Gasteiger partial charge in [0, 0.05) is 6.42 Å². The first-order valence-electron chi connectivity index (χ1n) is 4.72. The predicted octanol–water partition coefficient (Wildman–Crippen LogP) is 1.04. The molecular formula is C11H14O4. The van der Waals surface area contributed by atoms with Gasteiger partial charge in [-0.3, -0.25) is 0 Å². The van der Waals surface area contributed by atoms with E-state index in [4.69, 9.17) is 14.9 Å². The molecule has 1 rings (SSSR count). The van der Waals surface area contributed by atoms with Gasteiger partial charge in [0.15, 0.2) is 6.10 Å². The van der Waals surface area contributed by atoms with Crippen LogP contribution in [0.5, 0.6) is 0 Å². The van der Waals surface area contributed by atoms with Gasteiger partial charge in [-0.1, -0.05) is 30.3 Å². The van der Waals surface area contributed by atoms with E-state index in [0.717, 1.165) is 5.56 Å². The largest absolute Gasteiger partial charge is 0.479 e. The molecular weight excluding hydrogens is 196 g/mol. The van der Waals surface area contributed by atoms with Gasteiger partial charge in [0.1, 0.15) is 0 Å². The molecule has 2 N–H and O–H groups in total. The number of benzene rings is 1. The Kier molecular flexibility index (Phi) is 4.80. The van der Waals surface area contributed by atoms with Crippen LogP contribution in [0, 0.1) is 0 Å². The average Bonchev–Trinajstić information content (AvgIpc) is 2.25. The third-order valence-corrected chi connectivity index (χ3v) is 1.93. The highest BCUT2D eigenvalue weighted by Crippen LogP contribution is 2.01. The van der Waals surface area contributed by atoms with Crippen LogP contribution in [0.25, 0.3) is 0 Å². The van der Waals surface area contributed by atoms with Gasteiger partial charge in [-0.05, 0) is 5.56 Å². The minimum atomic E-state index is -1.33. The summed E-state index contributed by atoms with van der Waals surface area (Å²) in [4.78, 5) is 10.3. The topological polar surface area (TPSA) is 66.8 Å². The second-order valence-electron chi connectivity index (χ2n) is 3.18. The fourth-order valence-electron chi connectivity index (χ4n) is 1.08. The minimum Gasteiger partial charge on any atom is -0.479 e. The maximum Gasteiger partial charge on any atom is 0.332 e. The number of ether oxygens (including phenoxy) is 1. The zero-order chi connectivity index (χ0) is 11.1. The van der Waals surface area contributed by atoms with Gasteiger partial charge in [0.2, 0.25) is 0 Å². The van der Waals surface area contributed by atoms with Crippen molar-refractivity contribution in [1.29, 1.82) is 0 Å². The van der Waals surface area contributed by atoms with Crippen LogP contribution in [0.1, 0.15) is 12.0 Å². The number of carboxylic acids is 1. The fourth-order valence-corrected chi connectivity index (χ4v) is 1.08. The quantitative estimate of drug-likeness (QED) is 0.688. The van der Waals surface area contributed by atoms with Crippen LogP contribution in [-0.2, 0) is 16.1 Å². The number of hydrogen-bond acceptors (Lipinski definition) is 3. The first-order valence-corrected chi connectivity index (χ1v) is 4.72. The number of carbonyl (C=O) groups is 1. The van der Waals surface area contributed by atoms with Crippen LogP contribution < -0.4 is 0 Å². The van der Waals surface area contributed by atoms with Crippen LogP contribution in [0.2, 0.25) is 0 Å². The lowest BCUT2D eigenvalue weighted by atomic mass is 10.2. The lowest BCUT2D eigenvalue weighted by Gasteiger charge is -2.06. The maximum absolute atomic E-state index is 10.3. The number of aliphatic hydroxyl groups excluding tert-OH is 1. The monoisotopic (exact) mass is 210 g/mol. The number of hydrogen-bond donors (Lipinski definition) is 2. The van der Waals surface area contributed by atoms with E-state index in [9.17, 15) is 4.79 Å². The van der Waals surface area contributed by atoms with E-state index in [0.29, 0.717) is 6.61 Å². The number of aliphatic carboxylic acids is 1. The van der Waals surface area contributed by atoms with Gasteiger partial charge in [0.25, 0.3) is 0 Å². The number of aliphatic hydroxyl groups is 1. The van der Waals surface area contributed by atoms with Crippen LogP contribution >= 0.6 is 0 Å². The van der Waals surface area contributed by atoms with E-state index < -0.39 is 12.1 Å². The normalized spacial score (nSPS) is 12.3. The smallest absolute Gasteiger partial charge is 0.332 e. The molecule has 0 unspecified atom stereocenters. The third-order valence-electron chi connectivity index (χ3n) is 1.93. The molecule has 0 aliphatic rings. The molecule has 0 bridgehead atoms. The van der Waals surface area contributed by atoms with Crippen molar-refractivity contribution in [2.75, 3.05) is 6.61 Å². The Morgan fingerprint density at radius 1 is 1.33 bits per heavy atom. The van der Waals surface area contributed by atoms with E-state index in [1.807, 2.05) is 30.3 Å². The van der Waals surface area contributed by atoms with E-state index in [1.54, 1.807) is 0 Å². The third kappa shape index (κ3) is 4.58. The minimum absolute atomic E-state index is 0.113. The Bertz CT molecular complexity index is 297. The summed E-state index contributed by atoms with van der Waals surface area (Å²) in [6.45, 7) is 0.676. The van der Waals surface area contributed by atoms with Crippen molar-refractivity contribution in [2.45, 2.75) is 19.1 Å². The molecule has 0 aliphatic heterocycles. The summed E-state index contributed by atoms with van der Waals surface area (Å²) < 4.78 is 5.22. The van der Waals surface area contributed by atoms with Crippen molar-refractivity contribution < 1.29 is 19.7 Å². The van der Waals surface area contributed by atoms with E-state index >= 15 is 0 Å². The molecule has 0 aromatic heterocycles. The lowest BCUT2D eigenvalue weighted by molar-refractivity contribution is -0.147. The van der Waals surface area contributed by atoms with Crippen molar-refractivity contribution in [2.24, 2.45) is 0 Å². The van der Waals surface area contributed by atoms with Crippen LogP contribution in [0.3, 0.4) is 0 Å². The summed E-state index contributed by atoms with van der Waals surface area (Å²) >= 11 is 0. The molecule has 0 heterocycles. The molecule has 0 saturated heterocycles. The molecule has 1 aromatic rings. The highest BCUT2D eigenvalue weighted by molar-refractivity contribution is 5.71. The second kappa shape index (κ2) is 6.16. The van der Waals surface area contributed by atoms with E-state index in [1.165, 1.54) is 0 Å². The summed E-state index contributed by atoms with van der Waals surface area (Å²) in [5.74, 6) is -1.21. The van der Waals surface area contributed by atoms with E-state index in [-0.39, 0.29) is 13.0 Å². The maximum atomic E-state index is 10.3. The van der Waals surface area contributed by atoms with Gasteiger partial charge in [-0.25, -0.2) is 4.79 Å². The Morgan fingerprint density at radius 3 is 2.60 bits per heavy atom. The molecule has 15 heavy (non-hydrogen) atoms. The fraction of sp³-hybridized carbons (Fsp3) is 0.364. The average molecular weight is 210 g/mol. The highest BCUT2D eigenvalue weighted by Gasteiger charge is 2.11. The highest BCUT2D eigenvalue weighted by atomic mass is 16.5. The summed E-state index contributed by atoms with van der Waals surface area (Å²) in [5, 5.41) is 17.3. The molecule has 82 valence electrons. The van der Waals surface area contributed by atoms with Gasteiger partial charge >= 0.3 is 5.97 Å². The molecule has 4 heteroatoms. The molecule has 0 aliphatic carbocycles. The zero-order valence-electron chi connectivity index (χ0n) is 8.30. The van der Waals surface area contributed by atoms with Gasteiger partial charge in [-0.2, -0.15) is 0 Å². The van der Waals surface area contributed by atoms with Crippen LogP contribution in [-0.4, -0.2) is 28.9 Å². The second-order valence-corrected chi connectivity index (χ2v) is 3.18. The summed E-state index contributed by atoms with van der Waals surface area (Å²) in [7, 11) is 0. The Labute approximate surface area is 88.1 Å². The summed E-state index contributed by atoms with van der Waals surface area (Å²) in [6.07, 6.45) is -1.22. The van der Waals surface area contributed by atoms with Gasteiger partial charge < -0.3 is 14.9 Å². The first-order chi connectivity index (χ1) is 7.20. The molecule has 0 spiro atoms. The molecule has 0 fully saturated rings. The van der Waals surface area contributed by atoms with Gasteiger partial charge in [0.05, 0.1) is 13.2 Å². The zero-order valence-corrected chi connectivity index (χ0v) is 8.30. The van der Waals surface area contributed by atoms with Gasteiger partial charge in [-0.15, -0.1) is 0 Å². The Morgan fingerprint density at radius 2 is 2.00 bits per heavy atom. The Hall–Kier alpha value is -1.39. The first kappa shape index (κ1) is 11.7. The molecule has 1 atom stereocenters. The van der Waals surface area contributed by atoms with Crippen LogP contribution in [0.4, 0.5) is 0 Å². The lowest BCUT2D eigenvalue weighted by Crippen LogP contribution is -2.21. The van der Waals surface area contributed by atoms with Crippen molar-refractivity contribution in [3.05, 3.63) is 35.9 Å². The predicted molar refractivity (Wildman–Crippen MR) is 54.4 cm³/mol. The van der Waals surface area contributed by atoms with E-state index in [2.05, 4.69) is 0 Å². The standard InChI is InChI=1S/C11H14O4/c12-10(11(13)14)6-7-15-8-9-4-2-1-3-5-9/h1-5,10,12H,6-8H2,(H,13,14)/t10-/m0/s1. The van der Waals surface area contributed by atoms with Crippen molar-refractivity contribution in [3.63, 3.8) is 0 Å². The van der Waals surface area contributed by atoms with Crippen molar-refractivity contribution in [1.82, 2.24) is 0 Å². The SMILES string of the molecule is O=C(O)[C@@H](O)CCOCc1ccccc1. The summed E-state index contributed by atoms with van der Waals surface area (Å²) in [5.41, 5.74) is 1.03. The van der Waals surface area contributed by atoms with Crippen molar-refractivity contribution >= 4 is 5.97 Å².